The third-order valence-corrected chi connectivity index (χ3v) is 3.26. The van der Waals surface area contributed by atoms with Crippen molar-refractivity contribution in [1.82, 2.24) is 10.6 Å². The zero-order valence-corrected chi connectivity index (χ0v) is 11.8. The van der Waals surface area contributed by atoms with Crippen LogP contribution in [-0.4, -0.2) is 25.2 Å². The van der Waals surface area contributed by atoms with Crippen molar-refractivity contribution in [3.63, 3.8) is 0 Å². The minimum Gasteiger partial charge on any atom is -0.493 e. The van der Waals surface area contributed by atoms with Gasteiger partial charge in [0.1, 0.15) is 5.92 Å². The molecule has 0 aliphatic carbocycles. The van der Waals surface area contributed by atoms with Gasteiger partial charge in [0, 0.05) is 0 Å². The Labute approximate surface area is 121 Å². The molecule has 0 aromatic heterocycles. The number of carbonyl (C=O) groups excluding carboxylic acids is 1. The lowest BCUT2D eigenvalue weighted by molar-refractivity contribution is -0.123. The number of hydrogen-bond donors (Lipinski definition) is 2. The smallest absolute Gasteiger partial charge is 0.245 e. The number of benzene rings is 1. The number of amides is 1. The van der Waals surface area contributed by atoms with Gasteiger partial charge in [0.2, 0.25) is 5.91 Å². The second-order valence-electron chi connectivity index (χ2n) is 4.16. The maximum atomic E-state index is 11.8. The fourth-order valence-electron chi connectivity index (χ4n) is 2.06. The fourth-order valence-corrected chi connectivity index (χ4v) is 2.28. The van der Waals surface area contributed by atoms with E-state index in [1.165, 1.54) is 14.2 Å². The first-order valence-electron chi connectivity index (χ1n) is 5.83. The molecule has 0 unspecified atom stereocenters. The maximum Gasteiger partial charge on any atom is 0.245 e. The van der Waals surface area contributed by atoms with Crippen molar-refractivity contribution in [3.05, 3.63) is 23.8 Å². The van der Waals surface area contributed by atoms with Crippen molar-refractivity contribution in [2.45, 2.75) is 6.04 Å². The summed E-state index contributed by atoms with van der Waals surface area (Å²) in [5.41, 5.74) is 0.728. The predicted octanol–water partition coefficient (Wildman–Crippen LogP) is 0.889. The Hall–Kier alpha value is -2.33. The van der Waals surface area contributed by atoms with Crippen molar-refractivity contribution in [1.29, 1.82) is 5.26 Å². The van der Waals surface area contributed by atoms with E-state index in [4.69, 9.17) is 27.0 Å². The average Bonchev–Trinajstić information content (AvgIpc) is 2.45. The number of nitriles is 1. The van der Waals surface area contributed by atoms with Gasteiger partial charge in [-0.15, -0.1) is 0 Å². The number of thiocarbonyl (C=S) groups is 1. The molecule has 0 spiro atoms. The highest BCUT2D eigenvalue weighted by molar-refractivity contribution is 7.80. The van der Waals surface area contributed by atoms with Crippen molar-refractivity contribution in [3.8, 4) is 17.6 Å². The topological polar surface area (TPSA) is 83.4 Å². The summed E-state index contributed by atoms with van der Waals surface area (Å²) in [5.74, 6) is -0.163. The molecule has 1 aliphatic rings. The van der Waals surface area contributed by atoms with E-state index in [-0.39, 0.29) is 5.11 Å². The van der Waals surface area contributed by atoms with Crippen LogP contribution in [0.15, 0.2) is 18.2 Å². The predicted molar refractivity (Wildman–Crippen MR) is 75.3 cm³/mol. The number of nitrogens with one attached hydrogen (secondary N) is 2. The molecule has 20 heavy (non-hydrogen) atoms. The van der Waals surface area contributed by atoms with E-state index >= 15 is 0 Å². The van der Waals surface area contributed by atoms with Gasteiger partial charge >= 0.3 is 0 Å². The number of hydrogen-bond acceptors (Lipinski definition) is 5. The summed E-state index contributed by atoms with van der Waals surface area (Å²) in [6, 6.07) is 6.68. The summed E-state index contributed by atoms with van der Waals surface area (Å²) in [5, 5.41) is 14.7. The van der Waals surface area contributed by atoms with Gasteiger partial charge in [-0.05, 0) is 29.9 Å². The van der Waals surface area contributed by atoms with E-state index in [9.17, 15) is 4.79 Å². The van der Waals surface area contributed by atoms with E-state index in [0.717, 1.165) is 5.56 Å². The van der Waals surface area contributed by atoms with Gasteiger partial charge in [-0.3, -0.25) is 4.79 Å². The lowest BCUT2D eigenvalue weighted by atomic mass is 9.92. The van der Waals surface area contributed by atoms with Crippen molar-refractivity contribution < 1.29 is 14.3 Å². The zero-order chi connectivity index (χ0) is 14.7. The summed E-state index contributed by atoms with van der Waals surface area (Å²) in [6.07, 6.45) is 0. The van der Waals surface area contributed by atoms with Crippen LogP contribution in [0.4, 0.5) is 0 Å². The lowest BCUT2D eigenvalue weighted by Gasteiger charge is -2.29. The van der Waals surface area contributed by atoms with E-state index in [0.29, 0.717) is 11.5 Å². The molecule has 2 atom stereocenters. The quantitative estimate of drug-likeness (QED) is 0.805. The van der Waals surface area contributed by atoms with Gasteiger partial charge in [-0.25, -0.2) is 0 Å². The van der Waals surface area contributed by atoms with Crippen LogP contribution in [-0.2, 0) is 4.79 Å². The molecule has 104 valence electrons. The Kier molecular flexibility index (Phi) is 4.05. The molecule has 1 fully saturated rings. The summed E-state index contributed by atoms with van der Waals surface area (Å²) in [6.45, 7) is 0. The molecular weight excluding hydrogens is 278 g/mol. The zero-order valence-electron chi connectivity index (χ0n) is 11.0. The summed E-state index contributed by atoms with van der Waals surface area (Å²) >= 11 is 4.96. The molecular formula is C13H13N3O3S. The molecule has 1 saturated heterocycles. The molecule has 1 amide bonds. The lowest BCUT2D eigenvalue weighted by Crippen LogP contribution is -2.53. The largest absolute Gasteiger partial charge is 0.493 e. The van der Waals surface area contributed by atoms with Gasteiger partial charge < -0.3 is 20.1 Å². The van der Waals surface area contributed by atoms with Gasteiger partial charge in [0.25, 0.3) is 0 Å². The number of methoxy groups -OCH3 is 2. The molecule has 1 aliphatic heterocycles. The van der Waals surface area contributed by atoms with Gasteiger partial charge in [0.05, 0.1) is 26.3 Å². The van der Waals surface area contributed by atoms with Crippen LogP contribution in [0.5, 0.6) is 11.5 Å². The fraction of sp³-hybridized carbons (Fsp3) is 0.308. The maximum absolute atomic E-state index is 11.8. The molecule has 2 rings (SSSR count). The van der Waals surface area contributed by atoms with Gasteiger partial charge in [-0.1, -0.05) is 6.07 Å². The second-order valence-corrected chi connectivity index (χ2v) is 4.57. The molecule has 7 heteroatoms. The number of rotatable bonds is 3. The number of nitrogens with zero attached hydrogens (tertiary/aromatic N) is 1. The molecule has 0 bridgehead atoms. The minimum atomic E-state index is -0.861. The first-order chi connectivity index (χ1) is 9.60. The monoisotopic (exact) mass is 291 g/mol. The van der Waals surface area contributed by atoms with E-state index < -0.39 is 17.9 Å². The SMILES string of the molecule is COc1ccc([C@@H]2NC(=S)NC(=O)[C@@H]2C#N)cc1OC. The van der Waals surface area contributed by atoms with E-state index in [1.807, 2.05) is 6.07 Å². The highest BCUT2D eigenvalue weighted by Crippen LogP contribution is 2.33. The Balaban J connectivity index is 2.40. The van der Waals surface area contributed by atoms with Crippen LogP contribution in [0.25, 0.3) is 0 Å². The molecule has 1 heterocycles. The van der Waals surface area contributed by atoms with Crippen molar-refractivity contribution in [2.24, 2.45) is 5.92 Å². The van der Waals surface area contributed by atoms with Crippen LogP contribution in [0.3, 0.4) is 0 Å². The first-order valence-corrected chi connectivity index (χ1v) is 6.24. The highest BCUT2D eigenvalue weighted by Gasteiger charge is 2.35. The third-order valence-electron chi connectivity index (χ3n) is 3.04. The van der Waals surface area contributed by atoms with Crippen molar-refractivity contribution in [2.75, 3.05) is 14.2 Å². The van der Waals surface area contributed by atoms with E-state index in [1.54, 1.807) is 18.2 Å². The number of ether oxygens (including phenoxy) is 2. The Bertz CT molecular complexity index is 597. The average molecular weight is 291 g/mol. The van der Waals surface area contributed by atoms with Gasteiger partial charge in [0.15, 0.2) is 16.6 Å². The molecule has 0 saturated carbocycles. The standard InChI is InChI=1S/C13H13N3O3S/c1-18-9-4-3-7(5-10(9)19-2)11-8(6-14)12(17)16-13(20)15-11/h3-5,8,11H,1-2H3,(H2,15,16,17,20)/t8-,11+/m1/s1. The van der Waals surface area contributed by atoms with Crippen LogP contribution < -0.4 is 20.1 Å². The summed E-state index contributed by atoms with van der Waals surface area (Å²) in [7, 11) is 3.06. The molecule has 2 N–H and O–H groups in total. The highest BCUT2D eigenvalue weighted by atomic mass is 32.1. The minimum absolute atomic E-state index is 0.210. The Morgan fingerprint density at radius 3 is 2.60 bits per heavy atom. The van der Waals surface area contributed by atoms with Crippen LogP contribution in [0, 0.1) is 17.2 Å². The molecule has 0 radical (unpaired) electrons. The van der Waals surface area contributed by atoms with Gasteiger partial charge in [-0.2, -0.15) is 5.26 Å². The van der Waals surface area contributed by atoms with Crippen LogP contribution in [0.2, 0.25) is 0 Å². The molecule has 6 nitrogen and oxygen atoms in total. The third kappa shape index (κ3) is 2.51. The number of carbonyl (C=O) groups is 1. The van der Waals surface area contributed by atoms with Crippen molar-refractivity contribution >= 4 is 23.2 Å². The molecule has 1 aromatic rings. The van der Waals surface area contributed by atoms with Crippen LogP contribution in [0.1, 0.15) is 11.6 Å². The first kappa shape index (κ1) is 14.1. The molecule has 1 aromatic carbocycles. The van der Waals surface area contributed by atoms with E-state index in [2.05, 4.69) is 10.6 Å². The Morgan fingerprint density at radius 1 is 1.30 bits per heavy atom. The summed E-state index contributed by atoms with van der Waals surface area (Å²) in [4.78, 5) is 11.8. The van der Waals surface area contributed by atoms with Crippen LogP contribution >= 0.6 is 12.2 Å². The second kappa shape index (κ2) is 5.75. The Morgan fingerprint density at radius 2 is 2.00 bits per heavy atom. The normalized spacial score (nSPS) is 21.4. The summed E-state index contributed by atoms with van der Waals surface area (Å²) < 4.78 is 10.4.